The highest BCUT2D eigenvalue weighted by Crippen LogP contribution is 2.20. The van der Waals surface area contributed by atoms with Gasteiger partial charge in [0.1, 0.15) is 23.9 Å². The number of aryl methyl sites for hydroxylation is 1. The van der Waals surface area contributed by atoms with Gasteiger partial charge in [0.2, 0.25) is 0 Å². The van der Waals surface area contributed by atoms with Gasteiger partial charge < -0.3 is 14.6 Å². The molecule has 0 aliphatic carbocycles. The summed E-state index contributed by atoms with van der Waals surface area (Å²) in [4.78, 5) is 12.8. The van der Waals surface area contributed by atoms with Crippen LogP contribution in [0.4, 0.5) is 10.1 Å². The highest BCUT2D eigenvalue weighted by atomic mass is 35.5. The van der Waals surface area contributed by atoms with E-state index in [2.05, 4.69) is 15.6 Å². The maximum Gasteiger partial charge on any atom is 0.278 e. The van der Waals surface area contributed by atoms with E-state index in [-0.39, 0.29) is 18.1 Å². The molecule has 2 aromatic heterocycles. The summed E-state index contributed by atoms with van der Waals surface area (Å²) in [6.45, 7) is 2.27. The van der Waals surface area contributed by atoms with Crippen LogP contribution in [0, 0.1) is 12.7 Å². The molecule has 0 aliphatic heterocycles. The standard InChI is InChI=1S/C22H18ClFN4O3/c1-14-20(13-30-19-7-5-17(24)6-8-19)21(27-31-14)22(29)26-18-4-2-3-15(9-18)11-28-12-16(23)10-25-28/h2-10,12H,11,13H2,1H3,(H,26,29). The number of aromatic nitrogens is 3. The summed E-state index contributed by atoms with van der Waals surface area (Å²) in [6, 6.07) is 13.0. The second-order valence-electron chi connectivity index (χ2n) is 6.82. The molecule has 0 saturated carbocycles. The zero-order chi connectivity index (χ0) is 21.8. The Morgan fingerprint density at radius 2 is 2.06 bits per heavy atom. The predicted molar refractivity (Wildman–Crippen MR) is 113 cm³/mol. The summed E-state index contributed by atoms with van der Waals surface area (Å²) in [5.41, 5.74) is 2.19. The summed E-state index contributed by atoms with van der Waals surface area (Å²) in [5.74, 6) is 0.164. The molecule has 0 atom stereocenters. The molecular formula is C22H18ClFN4O3. The number of carbonyl (C=O) groups excluding carboxylic acids is 1. The first kappa shape index (κ1) is 20.6. The summed E-state index contributed by atoms with van der Waals surface area (Å²) in [7, 11) is 0. The zero-order valence-electron chi connectivity index (χ0n) is 16.5. The predicted octanol–water partition coefficient (Wildman–Crippen LogP) is 4.85. The van der Waals surface area contributed by atoms with Crippen LogP contribution in [-0.2, 0) is 13.2 Å². The fraction of sp³-hybridized carbons (Fsp3) is 0.136. The number of hydrogen-bond donors (Lipinski definition) is 1. The molecule has 2 heterocycles. The monoisotopic (exact) mass is 440 g/mol. The molecule has 7 nitrogen and oxygen atoms in total. The molecule has 0 bridgehead atoms. The van der Waals surface area contributed by atoms with Crippen molar-refractivity contribution in [2.24, 2.45) is 0 Å². The number of amides is 1. The lowest BCUT2D eigenvalue weighted by Gasteiger charge is -2.09. The minimum Gasteiger partial charge on any atom is -0.489 e. The Hall–Kier alpha value is -3.65. The van der Waals surface area contributed by atoms with Gasteiger partial charge in [0.05, 0.1) is 23.3 Å². The fourth-order valence-electron chi connectivity index (χ4n) is 2.98. The lowest BCUT2D eigenvalue weighted by Crippen LogP contribution is -2.15. The average molecular weight is 441 g/mol. The van der Waals surface area contributed by atoms with Gasteiger partial charge in [-0.1, -0.05) is 28.9 Å². The van der Waals surface area contributed by atoms with Gasteiger partial charge in [0, 0.05) is 11.9 Å². The summed E-state index contributed by atoms with van der Waals surface area (Å²) < 4.78 is 25.6. The third-order valence-corrected chi connectivity index (χ3v) is 4.72. The number of carbonyl (C=O) groups is 1. The third kappa shape index (κ3) is 5.10. The number of nitrogens with zero attached hydrogens (tertiary/aromatic N) is 3. The van der Waals surface area contributed by atoms with Crippen molar-refractivity contribution in [2.45, 2.75) is 20.1 Å². The summed E-state index contributed by atoms with van der Waals surface area (Å²) in [5, 5.41) is 11.4. The van der Waals surface area contributed by atoms with E-state index in [1.807, 2.05) is 18.2 Å². The van der Waals surface area contributed by atoms with E-state index < -0.39 is 5.91 Å². The Morgan fingerprint density at radius 1 is 1.26 bits per heavy atom. The van der Waals surface area contributed by atoms with Gasteiger partial charge in [-0.15, -0.1) is 0 Å². The number of benzene rings is 2. The molecular weight excluding hydrogens is 423 g/mol. The number of ether oxygens (including phenoxy) is 1. The molecule has 0 radical (unpaired) electrons. The van der Waals surface area contributed by atoms with Crippen LogP contribution in [0.5, 0.6) is 5.75 Å². The quantitative estimate of drug-likeness (QED) is 0.444. The van der Waals surface area contributed by atoms with E-state index in [1.165, 1.54) is 24.3 Å². The number of hydrogen-bond acceptors (Lipinski definition) is 5. The van der Waals surface area contributed by atoms with Gasteiger partial charge in [-0.3, -0.25) is 9.48 Å². The van der Waals surface area contributed by atoms with Crippen LogP contribution in [0.3, 0.4) is 0 Å². The minimum atomic E-state index is -0.422. The summed E-state index contributed by atoms with van der Waals surface area (Å²) in [6.07, 6.45) is 3.29. The molecule has 4 aromatic rings. The lowest BCUT2D eigenvalue weighted by molar-refractivity contribution is 0.101. The van der Waals surface area contributed by atoms with Crippen molar-refractivity contribution in [2.75, 3.05) is 5.32 Å². The van der Waals surface area contributed by atoms with Crippen LogP contribution >= 0.6 is 11.6 Å². The van der Waals surface area contributed by atoms with Crippen molar-refractivity contribution in [3.8, 4) is 5.75 Å². The second-order valence-corrected chi connectivity index (χ2v) is 7.26. The first-order valence-electron chi connectivity index (χ1n) is 9.40. The van der Waals surface area contributed by atoms with E-state index in [0.29, 0.717) is 34.3 Å². The summed E-state index contributed by atoms with van der Waals surface area (Å²) >= 11 is 5.90. The van der Waals surface area contributed by atoms with Gasteiger partial charge in [-0.05, 0) is 48.9 Å². The van der Waals surface area contributed by atoms with Gasteiger partial charge in [-0.25, -0.2) is 4.39 Å². The SMILES string of the molecule is Cc1onc(C(=O)Nc2cccc(Cn3cc(Cl)cn3)c2)c1COc1ccc(F)cc1. The van der Waals surface area contributed by atoms with Crippen molar-refractivity contribution in [3.63, 3.8) is 0 Å². The third-order valence-electron chi connectivity index (χ3n) is 4.53. The highest BCUT2D eigenvalue weighted by molar-refractivity contribution is 6.30. The molecule has 0 unspecified atom stereocenters. The minimum absolute atomic E-state index is 0.0593. The Labute approximate surface area is 182 Å². The lowest BCUT2D eigenvalue weighted by atomic mass is 10.1. The zero-order valence-corrected chi connectivity index (χ0v) is 17.3. The molecule has 0 aliphatic rings. The van der Waals surface area contributed by atoms with Crippen molar-refractivity contribution >= 4 is 23.2 Å². The van der Waals surface area contributed by atoms with Crippen molar-refractivity contribution in [1.29, 1.82) is 0 Å². The molecule has 0 saturated heterocycles. The van der Waals surface area contributed by atoms with Crippen LogP contribution < -0.4 is 10.1 Å². The van der Waals surface area contributed by atoms with E-state index in [4.69, 9.17) is 20.9 Å². The van der Waals surface area contributed by atoms with Gasteiger partial charge in [-0.2, -0.15) is 5.10 Å². The van der Waals surface area contributed by atoms with E-state index >= 15 is 0 Å². The first-order chi connectivity index (χ1) is 15.0. The van der Waals surface area contributed by atoms with Crippen LogP contribution in [0.25, 0.3) is 0 Å². The topological polar surface area (TPSA) is 82.2 Å². The fourth-order valence-corrected chi connectivity index (χ4v) is 3.13. The Kier molecular flexibility index (Phi) is 5.99. The normalized spacial score (nSPS) is 10.8. The van der Waals surface area contributed by atoms with Gasteiger partial charge in [0.15, 0.2) is 5.69 Å². The average Bonchev–Trinajstić information content (AvgIpc) is 3.33. The molecule has 0 fully saturated rings. The van der Waals surface area contributed by atoms with Crippen molar-refractivity contribution in [1.82, 2.24) is 14.9 Å². The van der Waals surface area contributed by atoms with Crippen molar-refractivity contribution in [3.05, 3.63) is 94.3 Å². The second kappa shape index (κ2) is 9.01. The molecule has 2 aromatic carbocycles. The Balaban J connectivity index is 1.45. The van der Waals surface area contributed by atoms with E-state index in [0.717, 1.165) is 5.56 Å². The largest absolute Gasteiger partial charge is 0.489 e. The van der Waals surface area contributed by atoms with E-state index in [1.54, 1.807) is 30.1 Å². The van der Waals surface area contributed by atoms with Crippen LogP contribution in [0.1, 0.15) is 27.4 Å². The number of anilines is 1. The molecule has 0 spiro atoms. The number of halogens is 2. The van der Waals surface area contributed by atoms with Gasteiger partial charge >= 0.3 is 0 Å². The Bertz CT molecular complexity index is 1200. The number of nitrogens with one attached hydrogen (secondary N) is 1. The van der Waals surface area contributed by atoms with Crippen LogP contribution in [0.15, 0.2) is 65.4 Å². The van der Waals surface area contributed by atoms with Crippen LogP contribution in [-0.4, -0.2) is 20.8 Å². The van der Waals surface area contributed by atoms with Crippen molar-refractivity contribution < 1.29 is 18.4 Å². The molecule has 1 N–H and O–H groups in total. The molecule has 31 heavy (non-hydrogen) atoms. The molecule has 1 amide bonds. The smallest absolute Gasteiger partial charge is 0.278 e. The highest BCUT2D eigenvalue weighted by Gasteiger charge is 2.20. The number of rotatable bonds is 7. The first-order valence-corrected chi connectivity index (χ1v) is 9.77. The van der Waals surface area contributed by atoms with Crippen LogP contribution in [0.2, 0.25) is 5.02 Å². The molecule has 4 rings (SSSR count). The van der Waals surface area contributed by atoms with Gasteiger partial charge in [0.25, 0.3) is 5.91 Å². The van der Waals surface area contributed by atoms with E-state index in [9.17, 15) is 9.18 Å². The maximum absolute atomic E-state index is 13.0. The molecule has 158 valence electrons. The maximum atomic E-state index is 13.0. The molecule has 9 heteroatoms. The Morgan fingerprint density at radius 3 is 2.81 bits per heavy atom.